The molecule has 4 rings (SSSR count). The maximum absolute atomic E-state index is 12.7. The number of benzene rings is 1. The van der Waals surface area contributed by atoms with Gasteiger partial charge in [-0.25, -0.2) is 4.98 Å². The first-order valence-electron chi connectivity index (χ1n) is 10.0. The standard InChI is InChI=1S/C21H28N4O2S/c1-15-20(28-14-23-15)17-6-4-16(5-7-17)19(13-25-9-11-27-12-10-25)24-21(26)18-3-2-8-22-18/h4-7,14,18-19,22H,2-3,8-13H2,1H3,(H,24,26). The number of thiazole rings is 1. The molecular weight excluding hydrogens is 372 g/mol. The van der Waals surface area contributed by atoms with Crippen LogP contribution in [0.25, 0.3) is 10.4 Å². The van der Waals surface area contributed by atoms with Gasteiger partial charge in [0.1, 0.15) is 0 Å². The summed E-state index contributed by atoms with van der Waals surface area (Å²) >= 11 is 1.66. The minimum Gasteiger partial charge on any atom is -0.379 e. The Balaban J connectivity index is 1.51. The van der Waals surface area contributed by atoms with Crippen LogP contribution in [0.5, 0.6) is 0 Å². The molecule has 2 unspecified atom stereocenters. The van der Waals surface area contributed by atoms with Gasteiger partial charge in [0.15, 0.2) is 0 Å². The minimum atomic E-state index is -0.0636. The molecule has 1 aromatic heterocycles. The van der Waals surface area contributed by atoms with Crippen molar-refractivity contribution in [2.24, 2.45) is 0 Å². The van der Waals surface area contributed by atoms with E-state index in [2.05, 4.69) is 44.8 Å². The summed E-state index contributed by atoms with van der Waals surface area (Å²) < 4.78 is 5.47. The van der Waals surface area contributed by atoms with Crippen LogP contribution in [0.15, 0.2) is 29.8 Å². The van der Waals surface area contributed by atoms with E-state index < -0.39 is 0 Å². The highest BCUT2D eigenvalue weighted by Crippen LogP contribution is 2.28. The molecule has 0 saturated carbocycles. The third-order valence-corrected chi connectivity index (χ3v) is 6.54. The van der Waals surface area contributed by atoms with E-state index >= 15 is 0 Å². The first-order valence-corrected chi connectivity index (χ1v) is 10.9. The number of aryl methyl sites for hydroxylation is 1. The third kappa shape index (κ3) is 4.60. The Kier molecular flexibility index (Phi) is 6.36. The van der Waals surface area contributed by atoms with Crippen LogP contribution in [0.2, 0.25) is 0 Å². The van der Waals surface area contributed by atoms with Crippen molar-refractivity contribution in [1.82, 2.24) is 20.5 Å². The number of carbonyl (C=O) groups excluding carboxylic acids is 1. The predicted molar refractivity (Wildman–Crippen MR) is 111 cm³/mol. The lowest BCUT2D eigenvalue weighted by Crippen LogP contribution is -2.47. The summed E-state index contributed by atoms with van der Waals surface area (Å²) in [5.41, 5.74) is 5.26. The molecule has 2 fully saturated rings. The lowest BCUT2D eigenvalue weighted by molar-refractivity contribution is -0.123. The summed E-state index contributed by atoms with van der Waals surface area (Å²) in [6.07, 6.45) is 1.98. The molecule has 2 saturated heterocycles. The Hall–Kier alpha value is -1.80. The van der Waals surface area contributed by atoms with Crippen molar-refractivity contribution >= 4 is 17.2 Å². The van der Waals surface area contributed by atoms with E-state index in [1.54, 1.807) is 11.3 Å². The molecule has 0 spiro atoms. The number of hydrogen-bond acceptors (Lipinski definition) is 6. The van der Waals surface area contributed by atoms with Crippen molar-refractivity contribution < 1.29 is 9.53 Å². The quantitative estimate of drug-likeness (QED) is 0.779. The van der Waals surface area contributed by atoms with E-state index in [1.807, 2.05) is 12.4 Å². The number of hydrogen-bond donors (Lipinski definition) is 2. The summed E-state index contributed by atoms with van der Waals surface area (Å²) in [7, 11) is 0. The van der Waals surface area contributed by atoms with Crippen LogP contribution >= 0.6 is 11.3 Å². The maximum atomic E-state index is 12.7. The highest BCUT2D eigenvalue weighted by molar-refractivity contribution is 7.13. The van der Waals surface area contributed by atoms with Gasteiger partial charge in [0, 0.05) is 19.6 Å². The first kappa shape index (κ1) is 19.5. The van der Waals surface area contributed by atoms with Crippen molar-refractivity contribution in [2.45, 2.75) is 31.8 Å². The molecule has 28 heavy (non-hydrogen) atoms. The lowest BCUT2D eigenvalue weighted by atomic mass is 10.0. The zero-order valence-electron chi connectivity index (χ0n) is 16.3. The Morgan fingerprint density at radius 1 is 1.36 bits per heavy atom. The molecule has 7 heteroatoms. The Labute approximate surface area is 170 Å². The van der Waals surface area contributed by atoms with E-state index in [0.29, 0.717) is 0 Å². The molecule has 150 valence electrons. The molecule has 0 aliphatic carbocycles. The number of nitrogens with zero attached hydrogens (tertiary/aromatic N) is 2. The molecule has 1 amide bonds. The Morgan fingerprint density at radius 2 is 2.14 bits per heavy atom. The number of morpholine rings is 1. The topological polar surface area (TPSA) is 66.5 Å². The van der Waals surface area contributed by atoms with Gasteiger partial charge in [-0.3, -0.25) is 9.69 Å². The van der Waals surface area contributed by atoms with Gasteiger partial charge in [0.25, 0.3) is 0 Å². The van der Waals surface area contributed by atoms with Gasteiger partial charge in [-0.1, -0.05) is 24.3 Å². The minimum absolute atomic E-state index is 0.0235. The van der Waals surface area contributed by atoms with Crippen LogP contribution in [0.4, 0.5) is 0 Å². The Bertz CT molecular complexity index is 780. The van der Waals surface area contributed by atoms with Gasteiger partial charge in [-0.05, 0) is 37.4 Å². The third-order valence-electron chi connectivity index (χ3n) is 5.56. The monoisotopic (exact) mass is 400 g/mol. The molecule has 0 bridgehead atoms. The van der Waals surface area contributed by atoms with Gasteiger partial charge in [-0.2, -0.15) is 0 Å². The summed E-state index contributed by atoms with van der Waals surface area (Å²) in [5.74, 6) is 0.109. The summed E-state index contributed by atoms with van der Waals surface area (Å²) in [5, 5.41) is 6.59. The average Bonchev–Trinajstić information content (AvgIpc) is 3.40. The van der Waals surface area contributed by atoms with Crippen molar-refractivity contribution in [1.29, 1.82) is 0 Å². The van der Waals surface area contributed by atoms with Crippen LogP contribution in [-0.4, -0.2) is 61.2 Å². The number of aromatic nitrogens is 1. The second-order valence-electron chi connectivity index (χ2n) is 7.51. The van der Waals surface area contributed by atoms with Gasteiger partial charge in [0.05, 0.1) is 41.4 Å². The molecule has 2 aliphatic rings. The highest BCUT2D eigenvalue weighted by Gasteiger charge is 2.26. The highest BCUT2D eigenvalue weighted by atomic mass is 32.1. The van der Waals surface area contributed by atoms with Crippen molar-refractivity contribution in [3.05, 3.63) is 41.0 Å². The lowest BCUT2D eigenvalue weighted by Gasteiger charge is -2.31. The van der Waals surface area contributed by atoms with Gasteiger partial charge < -0.3 is 15.4 Å². The summed E-state index contributed by atoms with van der Waals surface area (Å²) in [6.45, 7) is 7.10. The van der Waals surface area contributed by atoms with E-state index in [4.69, 9.17) is 4.74 Å². The van der Waals surface area contributed by atoms with Crippen LogP contribution in [0.1, 0.15) is 30.1 Å². The number of rotatable bonds is 6. The molecule has 6 nitrogen and oxygen atoms in total. The van der Waals surface area contributed by atoms with E-state index in [9.17, 15) is 4.79 Å². The number of ether oxygens (including phenoxy) is 1. The smallest absolute Gasteiger partial charge is 0.237 e. The molecule has 2 aromatic rings. The van der Waals surface area contributed by atoms with E-state index in [-0.39, 0.29) is 18.0 Å². The van der Waals surface area contributed by atoms with Gasteiger partial charge in [-0.15, -0.1) is 11.3 Å². The molecule has 1 aromatic carbocycles. The second-order valence-corrected chi connectivity index (χ2v) is 8.37. The number of nitrogens with one attached hydrogen (secondary N) is 2. The largest absolute Gasteiger partial charge is 0.379 e. The van der Waals surface area contributed by atoms with Crippen molar-refractivity contribution in [3.63, 3.8) is 0 Å². The normalized spacial score (nSPS) is 21.5. The van der Waals surface area contributed by atoms with Crippen LogP contribution in [-0.2, 0) is 9.53 Å². The van der Waals surface area contributed by atoms with Crippen LogP contribution in [0.3, 0.4) is 0 Å². The van der Waals surface area contributed by atoms with Crippen LogP contribution in [0, 0.1) is 6.92 Å². The van der Waals surface area contributed by atoms with Crippen molar-refractivity contribution in [2.75, 3.05) is 39.4 Å². The molecule has 2 aliphatic heterocycles. The zero-order valence-corrected chi connectivity index (χ0v) is 17.1. The predicted octanol–water partition coefficient (Wildman–Crippen LogP) is 2.36. The molecular formula is C21H28N4O2S. The summed E-state index contributed by atoms with van der Waals surface area (Å²) in [6, 6.07) is 8.48. The fraction of sp³-hybridized carbons (Fsp3) is 0.524. The van der Waals surface area contributed by atoms with Gasteiger partial charge in [0.2, 0.25) is 5.91 Å². The second kappa shape index (κ2) is 9.13. The maximum Gasteiger partial charge on any atom is 0.237 e. The van der Waals surface area contributed by atoms with Crippen LogP contribution < -0.4 is 10.6 Å². The number of carbonyl (C=O) groups is 1. The number of amides is 1. The summed E-state index contributed by atoms with van der Waals surface area (Å²) in [4.78, 5) is 20.7. The molecule has 0 radical (unpaired) electrons. The molecule has 3 heterocycles. The zero-order chi connectivity index (χ0) is 19.3. The van der Waals surface area contributed by atoms with Gasteiger partial charge >= 0.3 is 0 Å². The first-order chi connectivity index (χ1) is 13.7. The van der Waals surface area contributed by atoms with Crippen molar-refractivity contribution in [3.8, 4) is 10.4 Å². The van der Waals surface area contributed by atoms with E-state index in [1.165, 1.54) is 10.4 Å². The molecule has 2 atom stereocenters. The fourth-order valence-electron chi connectivity index (χ4n) is 3.90. The Morgan fingerprint density at radius 3 is 2.79 bits per heavy atom. The average molecular weight is 401 g/mol. The molecule has 2 N–H and O–H groups in total. The van der Waals surface area contributed by atoms with E-state index in [0.717, 1.165) is 63.5 Å². The fourth-order valence-corrected chi connectivity index (χ4v) is 4.71. The SMILES string of the molecule is Cc1ncsc1-c1ccc(C(CN2CCOCC2)NC(=O)C2CCCN2)cc1.